The molecule has 420 valence electrons. The van der Waals surface area contributed by atoms with Crippen LogP contribution >= 0.6 is 0 Å². The van der Waals surface area contributed by atoms with Crippen molar-refractivity contribution in [1.82, 2.24) is 30.2 Å². The lowest BCUT2D eigenvalue weighted by molar-refractivity contribution is -0.155. The van der Waals surface area contributed by atoms with Gasteiger partial charge >= 0.3 is 18.0 Å². The number of benzene rings is 3. The average Bonchev–Trinajstić information content (AvgIpc) is 3.75. The first-order chi connectivity index (χ1) is 37.1. The second kappa shape index (κ2) is 24.6. The van der Waals surface area contributed by atoms with Crippen LogP contribution in [-0.4, -0.2) is 133 Å². The average molecular weight is 1070 g/mol. The van der Waals surface area contributed by atoms with E-state index in [9.17, 15) is 24.3 Å². The van der Waals surface area contributed by atoms with Crippen molar-refractivity contribution >= 4 is 46.2 Å². The molecule has 0 spiro atoms. The molecule has 17 nitrogen and oxygen atoms in total. The van der Waals surface area contributed by atoms with Crippen molar-refractivity contribution in [3.05, 3.63) is 101 Å². The summed E-state index contributed by atoms with van der Waals surface area (Å²) < 4.78 is 26.6. The van der Waals surface area contributed by atoms with Crippen LogP contribution in [0.25, 0.3) is 33.3 Å². The zero-order valence-corrected chi connectivity index (χ0v) is 47.6. The fourth-order valence-electron chi connectivity index (χ4n) is 10.9. The number of pyridine rings is 1. The van der Waals surface area contributed by atoms with Crippen LogP contribution in [0.3, 0.4) is 0 Å². The number of hydrogen-bond acceptors (Lipinski definition) is 13. The number of nitrogens with zero attached hydrogens (tertiary/aromatic N) is 5. The molecule has 0 aliphatic carbocycles. The van der Waals surface area contributed by atoms with Crippen LogP contribution in [0.5, 0.6) is 0 Å². The van der Waals surface area contributed by atoms with Gasteiger partial charge in [0.2, 0.25) is 0 Å². The quantitative estimate of drug-likeness (QED) is 0.0726. The number of rotatable bonds is 15. The summed E-state index contributed by atoms with van der Waals surface area (Å²) in [5, 5.41) is 19.1. The maximum Gasteiger partial charge on any atom is 0.408 e. The van der Waals surface area contributed by atoms with Crippen molar-refractivity contribution in [2.24, 2.45) is 17.3 Å². The standard InChI is InChI=1S/C61H82N8O9/c1-12-68-53-21-20-42-31-46(53)48(55(68)47-32-45(34-62-54(47)39(4)75-11)67-25-23-66(10)24-26-67)33-61(8,9)37-77-58(73)50-19-16-22-69(65-50)56(70)51(64-59(74)78-60(5,6)7)29-40-27-43(42)30-44(28-40)63-52(41-17-14-13-15-18-41)36-76-35-49(38(2)3)57(71)72/h13-15,17-18,20-21,27-28,30-32,34,38-39,49-52,63,65H,12,16,19,22-26,29,33,35-37H2,1-11H3,(H,64,74)(H,71,72)/t39-,49-,50-,51-,52+/m0/s1. The summed E-state index contributed by atoms with van der Waals surface area (Å²) in [6.07, 6.45) is 2.48. The summed E-state index contributed by atoms with van der Waals surface area (Å²) in [5.41, 5.74) is 11.9. The van der Waals surface area contributed by atoms with Crippen molar-refractivity contribution in [3.63, 3.8) is 0 Å². The number of anilines is 2. The molecule has 5 heterocycles. The van der Waals surface area contributed by atoms with Crippen molar-refractivity contribution in [2.75, 3.05) is 76.9 Å². The Bertz CT molecular complexity index is 2930. The number of likely N-dealkylation sites (N-methyl/N-ethyl adjacent to an activating group) is 1. The highest BCUT2D eigenvalue weighted by molar-refractivity contribution is 5.96. The number of ether oxygens (including phenoxy) is 4. The third-order valence-electron chi connectivity index (χ3n) is 15.2. The minimum Gasteiger partial charge on any atom is -0.481 e. The molecule has 4 N–H and O–H groups in total. The zero-order valence-electron chi connectivity index (χ0n) is 47.6. The molecule has 0 radical (unpaired) electrons. The molecular weight excluding hydrogens is 989 g/mol. The molecule has 2 saturated heterocycles. The normalized spacial score (nSPS) is 19.7. The minimum absolute atomic E-state index is 0.0349. The van der Waals surface area contributed by atoms with E-state index in [1.54, 1.807) is 27.9 Å². The van der Waals surface area contributed by atoms with Gasteiger partial charge < -0.3 is 49.1 Å². The predicted molar refractivity (Wildman–Crippen MR) is 304 cm³/mol. The van der Waals surface area contributed by atoms with Crippen molar-refractivity contribution in [1.29, 1.82) is 0 Å². The van der Waals surface area contributed by atoms with Crippen LogP contribution in [0.2, 0.25) is 0 Å². The van der Waals surface area contributed by atoms with Gasteiger partial charge in [-0.1, -0.05) is 70.2 Å². The maximum atomic E-state index is 14.9. The Morgan fingerprint density at radius 2 is 1.69 bits per heavy atom. The molecule has 8 rings (SSSR count). The van der Waals surface area contributed by atoms with E-state index < -0.39 is 59.0 Å². The molecule has 5 atom stereocenters. The highest BCUT2D eigenvalue weighted by atomic mass is 16.6. The van der Waals surface area contributed by atoms with Crippen LogP contribution < -0.4 is 21.0 Å². The molecule has 3 aromatic carbocycles. The first-order valence-corrected chi connectivity index (χ1v) is 27.7. The number of alkyl carbamates (subject to hydrolysis) is 1. The first kappa shape index (κ1) is 57.6. The summed E-state index contributed by atoms with van der Waals surface area (Å²) >= 11 is 0. The van der Waals surface area contributed by atoms with Gasteiger partial charge in [-0.15, -0.1) is 0 Å². The number of aromatic nitrogens is 2. The molecule has 6 bridgehead atoms. The number of cyclic esters (lactones) is 1. The summed E-state index contributed by atoms with van der Waals surface area (Å²) in [4.78, 5) is 64.9. The molecule has 17 heteroatoms. The van der Waals surface area contributed by atoms with Gasteiger partial charge in [0.05, 0.1) is 61.2 Å². The smallest absolute Gasteiger partial charge is 0.408 e. The lowest BCUT2D eigenvalue weighted by Crippen LogP contribution is -2.60. The summed E-state index contributed by atoms with van der Waals surface area (Å²) in [6.45, 7) is 22.4. The van der Waals surface area contributed by atoms with E-state index in [-0.39, 0.29) is 38.3 Å². The molecule has 3 aliphatic rings. The molecule has 0 saturated carbocycles. The second-order valence-electron chi connectivity index (χ2n) is 23.5. The number of carbonyl (C=O) groups is 4. The molecule has 2 amide bonds. The number of amides is 2. The van der Waals surface area contributed by atoms with E-state index >= 15 is 0 Å². The highest BCUT2D eigenvalue weighted by Gasteiger charge is 2.37. The number of nitrogens with one attached hydrogen (secondary N) is 3. The molecule has 78 heavy (non-hydrogen) atoms. The van der Waals surface area contributed by atoms with Crippen LogP contribution in [0.15, 0.2) is 79.0 Å². The van der Waals surface area contributed by atoms with Gasteiger partial charge in [0, 0.05) is 80.4 Å². The van der Waals surface area contributed by atoms with Crippen LogP contribution in [0, 0.1) is 17.3 Å². The molecule has 0 unspecified atom stereocenters. The number of carboxylic acid groups (broad SMARTS) is 1. The number of carbonyl (C=O) groups excluding carboxylic acids is 3. The summed E-state index contributed by atoms with van der Waals surface area (Å²) in [6, 6.07) is 22.5. The summed E-state index contributed by atoms with van der Waals surface area (Å²) in [7, 11) is 3.86. The number of carboxylic acids is 1. The van der Waals surface area contributed by atoms with Gasteiger partial charge in [-0.2, -0.15) is 0 Å². The molecule has 2 aromatic heterocycles. The Morgan fingerprint density at radius 1 is 0.949 bits per heavy atom. The third-order valence-corrected chi connectivity index (χ3v) is 15.2. The predicted octanol–water partition coefficient (Wildman–Crippen LogP) is 9.43. The van der Waals surface area contributed by atoms with E-state index in [0.717, 1.165) is 87.5 Å². The van der Waals surface area contributed by atoms with E-state index in [2.05, 4.69) is 94.6 Å². The number of methoxy groups -OCH3 is 1. The first-order valence-electron chi connectivity index (χ1n) is 27.7. The Labute approximate surface area is 460 Å². The van der Waals surface area contributed by atoms with E-state index in [1.807, 2.05) is 63.4 Å². The zero-order chi connectivity index (χ0) is 56.1. The number of hydrogen-bond donors (Lipinski definition) is 4. The lowest BCUT2D eigenvalue weighted by Gasteiger charge is -2.36. The van der Waals surface area contributed by atoms with Crippen molar-refractivity contribution in [2.45, 2.75) is 124 Å². The van der Waals surface area contributed by atoms with E-state index in [1.165, 1.54) is 5.01 Å². The van der Waals surface area contributed by atoms with Gasteiger partial charge in [0.25, 0.3) is 5.91 Å². The molecule has 2 fully saturated rings. The highest BCUT2D eigenvalue weighted by Crippen LogP contribution is 2.43. The number of aryl methyl sites for hydroxylation is 1. The topological polar surface area (TPSA) is 189 Å². The van der Waals surface area contributed by atoms with Crippen LogP contribution in [0.4, 0.5) is 16.2 Å². The maximum absolute atomic E-state index is 14.9. The minimum atomic E-state index is -1.12. The van der Waals surface area contributed by atoms with Gasteiger partial charge in [0.15, 0.2) is 0 Å². The SMILES string of the molecule is CCn1c(-c2cc(N3CCN(C)CC3)cnc2[C@H](C)OC)c2c3cc(ccc31)-c1cc(cc(N[C@H](COC[C@H](C(=O)O)C(C)C)c3ccccc3)c1)C[C@H](NC(=O)OC(C)(C)C)C(=O)N1CCC[C@H](N1)C(=O)OCC(C)(C)C2. The van der Waals surface area contributed by atoms with Crippen molar-refractivity contribution < 1.29 is 43.2 Å². The van der Waals surface area contributed by atoms with Gasteiger partial charge in [0.1, 0.15) is 17.7 Å². The van der Waals surface area contributed by atoms with Crippen LogP contribution in [-0.2, 0) is 52.7 Å². The molecule has 3 aliphatic heterocycles. The van der Waals surface area contributed by atoms with E-state index in [4.69, 9.17) is 23.9 Å². The fourth-order valence-corrected chi connectivity index (χ4v) is 10.9. The van der Waals surface area contributed by atoms with Gasteiger partial charge in [-0.25, -0.2) is 10.2 Å². The Morgan fingerprint density at radius 3 is 2.37 bits per heavy atom. The van der Waals surface area contributed by atoms with Gasteiger partial charge in [-0.05, 0) is 125 Å². The Balaban J connectivity index is 1.33. The third kappa shape index (κ3) is 13.8. The fraction of sp³-hybridized carbons (Fsp3) is 0.525. The van der Waals surface area contributed by atoms with E-state index in [0.29, 0.717) is 38.0 Å². The Hall–Kier alpha value is -6.53. The Kier molecular flexibility index (Phi) is 18.2. The largest absolute Gasteiger partial charge is 0.481 e. The van der Waals surface area contributed by atoms with Gasteiger partial charge in [-0.3, -0.25) is 24.4 Å². The van der Waals surface area contributed by atoms with Crippen molar-refractivity contribution in [3.8, 4) is 22.4 Å². The second-order valence-corrected chi connectivity index (χ2v) is 23.5. The summed E-state index contributed by atoms with van der Waals surface area (Å²) in [5.74, 6) is -2.62. The number of piperazine rings is 1. The number of fused-ring (bicyclic) bond motifs is 6. The number of esters is 1. The van der Waals surface area contributed by atoms with Crippen LogP contribution in [0.1, 0.15) is 110 Å². The monoisotopic (exact) mass is 1070 g/mol. The lowest BCUT2D eigenvalue weighted by atomic mass is 9.84. The number of hydrazine groups is 1. The molecular formula is C61H82N8O9. The number of aliphatic carboxylic acids is 1. The molecule has 5 aromatic rings.